The molecule has 6 heteroatoms. The summed E-state index contributed by atoms with van der Waals surface area (Å²) in [5.74, 6) is -0.514. The number of aromatic nitrogens is 1. The maximum absolute atomic E-state index is 12.8. The molecule has 0 aliphatic carbocycles. The van der Waals surface area contributed by atoms with Gasteiger partial charge in [0.25, 0.3) is 0 Å². The molecule has 5 nitrogen and oxygen atoms in total. The number of rotatable bonds is 4. The number of methoxy groups -OCH3 is 1. The first-order valence-electron chi connectivity index (χ1n) is 7.55. The molecule has 1 amide bonds. The molecule has 2 aromatic rings. The molecule has 2 heterocycles. The highest BCUT2D eigenvalue weighted by Crippen LogP contribution is 2.33. The van der Waals surface area contributed by atoms with Crippen molar-refractivity contribution in [2.45, 2.75) is 32.2 Å². The van der Waals surface area contributed by atoms with Crippen molar-refractivity contribution in [3.63, 3.8) is 0 Å². The van der Waals surface area contributed by atoms with Crippen LogP contribution in [-0.4, -0.2) is 30.0 Å². The molecule has 0 radical (unpaired) electrons. The number of anilines is 1. The van der Waals surface area contributed by atoms with E-state index in [4.69, 9.17) is 4.74 Å². The smallest absolute Gasteiger partial charge is 0.329 e. The average molecular weight is 330 g/mol. The van der Waals surface area contributed by atoms with E-state index in [9.17, 15) is 9.59 Å². The van der Waals surface area contributed by atoms with Gasteiger partial charge in [0, 0.05) is 17.5 Å². The summed E-state index contributed by atoms with van der Waals surface area (Å²) in [5.41, 5.74) is 2.53. The molecule has 0 N–H and O–H groups in total. The van der Waals surface area contributed by atoms with Gasteiger partial charge in [0.2, 0.25) is 5.91 Å². The van der Waals surface area contributed by atoms with Crippen LogP contribution in [0.15, 0.2) is 29.6 Å². The van der Waals surface area contributed by atoms with Gasteiger partial charge in [0.05, 0.1) is 24.2 Å². The van der Waals surface area contributed by atoms with E-state index in [-0.39, 0.29) is 18.3 Å². The van der Waals surface area contributed by atoms with Crippen LogP contribution in [0, 0.1) is 0 Å². The summed E-state index contributed by atoms with van der Waals surface area (Å²) in [4.78, 5) is 30.9. The minimum atomic E-state index is -0.589. The fourth-order valence-corrected chi connectivity index (χ4v) is 3.60. The lowest BCUT2D eigenvalue weighted by molar-refractivity contribution is -0.143. The van der Waals surface area contributed by atoms with Crippen molar-refractivity contribution in [3.05, 3.63) is 45.9 Å². The normalized spacial score (nSPS) is 16.3. The number of carbonyl (C=O) groups excluding carboxylic acids is 2. The van der Waals surface area contributed by atoms with Gasteiger partial charge in [0.15, 0.2) is 0 Å². The Morgan fingerprint density at radius 2 is 2.17 bits per heavy atom. The van der Waals surface area contributed by atoms with Crippen molar-refractivity contribution in [3.8, 4) is 0 Å². The van der Waals surface area contributed by atoms with Crippen LogP contribution in [0.1, 0.15) is 23.2 Å². The van der Waals surface area contributed by atoms with Crippen LogP contribution >= 0.6 is 11.3 Å². The molecule has 0 saturated heterocycles. The zero-order valence-electron chi connectivity index (χ0n) is 13.1. The Balaban J connectivity index is 1.87. The van der Waals surface area contributed by atoms with Crippen LogP contribution < -0.4 is 4.90 Å². The highest BCUT2D eigenvalue weighted by atomic mass is 32.1. The Kier molecular flexibility index (Phi) is 4.43. The zero-order valence-corrected chi connectivity index (χ0v) is 13.9. The lowest BCUT2D eigenvalue weighted by Crippen LogP contribution is -2.44. The fraction of sp³-hybridized carbons (Fsp3) is 0.353. The van der Waals surface area contributed by atoms with Crippen LogP contribution in [0.25, 0.3) is 0 Å². The van der Waals surface area contributed by atoms with Crippen molar-refractivity contribution < 1.29 is 14.3 Å². The number of para-hydroxylation sites is 1. The van der Waals surface area contributed by atoms with Gasteiger partial charge in [-0.05, 0) is 18.1 Å². The molecule has 1 atom stereocenters. The van der Waals surface area contributed by atoms with Crippen molar-refractivity contribution in [1.29, 1.82) is 0 Å². The predicted molar refractivity (Wildman–Crippen MR) is 88.6 cm³/mol. The van der Waals surface area contributed by atoms with E-state index in [0.717, 1.165) is 28.4 Å². The largest absolute Gasteiger partial charge is 0.467 e. The van der Waals surface area contributed by atoms with Gasteiger partial charge < -0.3 is 4.74 Å². The highest BCUT2D eigenvalue weighted by molar-refractivity contribution is 7.09. The summed E-state index contributed by atoms with van der Waals surface area (Å²) >= 11 is 1.56. The Bertz CT molecular complexity index is 741. The maximum Gasteiger partial charge on any atom is 0.329 e. The molecule has 0 spiro atoms. The molecular weight excluding hydrogens is 312 g/mol. The Morgan fingerprint density at radius 3 is 2.87 bits per heavy atom. The summed E-state index contributed by atoms with van der Waals surface area (Å²) < 4.78 is 4.87. The van der Waals surface area contributed by atoms with Crippen molar-refractivity contribution in [2.75, 3.05) is 12.0 Å². The second kappa shape index (κ2) is 6.50. The van der Waals surface area contributed by atoms with Crippen LogP contribution in [0.5, 0.6) is 0 Å². The number of benzene rings is 1. The number of fused-ring (bicyclic) bond motifs is 1. The number of carbonyl (C=O) groups is 2. The first-order chi connectivity index (χ1) is 11.1. The molecule has 0 saturated carbocycles. The van der Waals surface area contributed by atoms with Gasteiger partial charge in [-0.2, -0.15) is 0 Å². The topological polar surface area (TPSA) is 59.5 Å². The summed E-state index contributed by atoms with van der Waals surface area (Å²) in [6.07, 6.45) is 1.54. The number of amides is 1. The van der Waals surface area contributed by atoms with Gasteiger partial charge in [-0.25, -0.2) is 9.78 Å². The minimum Gasteiger partial charge on any atom is -0.467 e. The summed E-state index contributed by atoms with van der Waals surface area (Å²) in [6, 6.07) is 7.01. The van der Waals surface area contributed by atoms with E-state index in [0.29, 0.717) is 6.42 Å². The predicted octanol–water partition coefficient (Wildman–Crippen LogP) is 2.38. The lowest BCUT2D eigenvalue weighted by atomic mass is 10.1. The number of thiazole rings is 1. The van der Waals surface area contributed by atoms with E-state index >= 15 is 0 Å². The van der Waals surface area contributed by atoms with Gasteiger partial charge in [-0.15, -0.1) is 11.3 Å². The third-order valence-electron chi connectivity index (χ3n) is 3.95. The molecule has 0 unspecified atom stereocenters. The van der Waals surface area contributed by atoms with Gasteiger partial charge >= 0.3 is 5.97 Å². The quantitative estimate of drug-likeness (QED) is 0.808. The minimum absolute atomic E-state index is 0.127. The fourth-order valence-electron chi connectivity index (χ4n) is 2.85. The molecule has 23 heavy (non-hydrogen) atoms. The highest BCUT2D eigenvalue weighted by Gasteiger charge is 2.38. The number of hydrogen-bond donors (Lipinski definition) is 0. The summed E-state index contributed by atoms with van der Waals surface area (Å²) in [7, 11) is 1.35. The molecule has 1 aromatic carbocycles. The molecule has 3 rings (SSSR count). The van der Waals surface area contributed by atoms with E-state index in [2.05, 4.69) is 4.98 Å². The van der Waals surface area contributed by atoms with Crippen LogP contribution in [0.2, 0.25) is 0 Å². The van der Waals surface area contributed by atoms with Crippen molar-refractivity contribution in [1.82, 2.24) is 4.98 Å². The van der Waals surface area contributed by atoms with Crippen molar-refractivity contribution in [2.24, 2.45) is 0 Å². The van der Waals surface area contributed by atoms with Gasteiger partial charge in [-0.1, -0.05) is 25.1 Å². The molecule has 1 aromatic heterocycles. The molecule has 120 valence electrons. The first kappa shape index (κ1) is 15.7. The maximum atomic E-state index is 12.8. The zero-order chi connectivity index (χ0) is 16.4. The monoisotopic (exact) mass is 330 g/mol. The molecule has 1 aliphatic heterocycles. The van der Waals surface area contributed by atoms with Gasteiger partial charge in [-0.3, -0.25) is 9.69 Å². The standard InChI is InChI=1S/C17H18N2O3S/c1-3-15-18-12(10-23-15)9-16(20)19-13-7-5-4-6-11(13)8-14(19)17(21)22-2/h4-7,10,14H,3,8-9H2,1-2H3/t14-/m1/s1. The second-order valence-corrected chi connectivity index (χ2v) is 6.34. The van der Waals surface area contributed by atoms with Crippen molar-refractivity contribution >= 4 is 28.9 Å². The van der Waals surface area contributed by atoms with Crippen LogP contribution in [-0.2, 0) is 33.6 Å². The number of aryl methyl sites for hydroxylation is 1. The lowest BCUT2D eigenvalue weighted by Gasteiger charge is -2.23. The number of esters is 1. The van der Waals surface area contributed by atoms with Crippen LogP contribution in [0.4, 0.5) is 5.69 Å². The first-order valence-corrected chi connectivity index (χ1v) is 8.43. The Labute approximate surface area is 138 Å². The third-order valence-corrected chi connectivity index (χ3v) is 4.99. The van der Waals surface area contributed by atoms with E-state index in [1.807, 2.05) is 36.6 Å². The van der Waals surface area contributed by atoms with E-state index < -0.39 is 6.04 Å². The average Bonchev–Trinajstić information content (AvgIpc) is 3.17. The Hall–Kier alpha value is -2.21. The third kappa shape index (κ3) is 2.99. The molecule has 0 bridgehead atoms. The molecule has 1 aliphatic rings. The van der Waals surface area contributed by atoms with Crippen LogP contribution in [0.3, 0.4) is 0 Å². The Morgan fingerprint density at radius 1 is 1.39 bits per heavy atom. The number of nitrogens with zero attached hydrogens (tertiary/aromatic N) is 2. The van der Waals surface area contributed by atoms with Gasteiger partial charge in [0.1, 0.15) is 6.04 Å². The summed E-state index contributed by atoms with van der Waals surface area (Å²) in [6.45, 7) is 2.04. The summed E-state index contributed by atoms with van der Waals surface area (Å²) in [5, 5.41) is 2.92. The second-order valence-electron chi connectivity index (χ2n) is 5.40. The van der Waals surface area contributed by atoms with E-state index in [1.54, 1.807) is 16.2 Å². The SMILES string of the molecule is CCc1nc(CC(=O)N2c3ccccc3C[C@@H]2C(=O)OC)cs1. The molecular formula is C17H18N2O3S. The molecule has 0 fully saturated rings. The number of ether oxygens (including phenoxy) is 1. The van der Waals surface area contributed by atoms with E-state index in [1.165, 1.54) is 7.11 Å². The number of hydrogen-bond acceptors (Lipinski definition) is 5.